The zero-order valence-electron chi connectivity index (χ0n) is 7.25. The SMILES string of the molecule is CC1CNCC(COCC#N)O1. The van der Waals surface area contributed by atoms with Crippen LogP contribution < -0.4 is 5.32 Å². The van der Waals surface area contributed by atoms with Gasteiger partial charge in [-0.15, -0.1) is 0 Å². The lowest BCUT2D eigenvalue weighted by molar-refractivity contribution is -0.0643. The molecule has 0 radical (unpaired) electrons. The highest BCUT2D eigenvalue weighted by Gasteiger charge is 2.18. The Labute approximate surface area is 72.5 Å². The van der Waals surface area contributed by atoms with Gasteiger partial charge in [0, 0.05) is 13.1 Å². The Kier molecular flexibility index (Phi) is 4.01. The summed E-state index contributed by atoms with van der Waals surface area (Å²) in [6.07, 6.45) is 0.344. The molecule has 0 bridgehead atoms. The van der Waals surface area contributed by atoms with Crippen LogP contribution in [0, 0.1) is 11.3 Å². The number of hydrogen-bond donors (Lipinski definition) is 1. The van der Waals surface area contributed by atoms with Crippen LogP contribution in [0.3, 0.4) is 0 Å². The summed E-state index contributed by atoms with van der Waals surface area (Å²) in [6.45, 7) is 4.38. The van der Waals surface area contributed by atoms with Crippen LogP contribution in [0.5, 0.6) is 0 Å². The summed E-state index contributed by atoms with van der Waals surface area (Å²) in [5.74, 6) is 0. The fraction of sp³-hybridized carbons (Fsp3) is 0.875. The molecule has 0 amide bonds. The molecule has 0 aliphatic carbocycles. The summed E-state index contributed by atoms with van der Waals surface area (Å²) >= 11 is 0. The topological polar surface area (TPSA) is 54.3 Å². The normalized spacial score (nSPS) is 29.7. The minimum absolute atomic E-state index is 0.0992. The van der Waals surface area contributed by atoms with Gasteiger partial charge in [-0.2, -0.15) is 5.26 Å². The van der Waals surface area contributed by atoms with E-state index in [1.54, 1.807) is 0 Å². The molecule has 1 aliphatic rings. The van der Waals surface area contributed by atoms with Gasteiger partial charge in [-0.25, -0.2) is 0 Å². The van der Waals surface area contributed by atoms with Crippen molar-refractivity contribution in [2.45, 2.75) is 19.1 Å². The van der Waals surface area contributed by atoms with E-state index in [0.717, 1.165) is 13.1 Å². The molecule has 2 unspecified atom stereocenters. The van der Waals surface area contributed by atoms with Crippen molar-refractivity contribution in [2.75, 3.05) is 26.3 Å². The summed E-state index contributed by atoms with van der Waals surface area (Å²) in [5, 5.41) is 11.4. The molecule has 2 atom stereocenters. The second-order valence-electron chi connectivity index (χ2n) is 2.90. The molecule has 0 aromatic rings. The summed E-state index contributed by atoms with van der Waals surface area (Å²) in [5.41, 5.74) is 0. The van der Waals surface area contributed by atoms with Crippen LogP contribution in [-0.4, -0.2) is 38.5 Å². The van der Waals surface area contributed by atoms with Crippen molar-refractivity contribution < 1.29 is 9.47 Å². The highest BCUT2D eigenvalue weighted by atomic mass is 16.5. The zero-order chi connectivity index (χ0) is 8.81. The van der Waals surface area contributed by atoms with Crippen LogP contribution in [0.25, 0.3) is 0 Å². The Morgan fingerprint density at radius 3 is 3.17 bits per heavy atom. The Bertz CT molecular complexity index is 167. The smallest absolute Gasteiger partial charge is 0.133 e. The monoisotopic (exact) mass is 170 g/mol. The van der Waals surface area contributed by atoms with Gasteiger partial charge in [0.25, 0.3) is 0 Å². The Morgan fingerprint density at radius 1 is 1.67 bits per heavy atom. The molecule has 1 saturated heterocycles. The first kappa shape index (κ1) is 9.46. The predicted octanol–water partition coefficient (Wildman–Crippen LogP) is -0.0965. The van der Waals surface area contributed by atoms with Crippen LogP contribution in [0.1, 0.15) is 6.92 Å². The fourth-order valence-electron chi connectivity index (χ4n) is 1.21. The van der Waals surface area contributed by atoms with Gasteiger partial charge < -0.3 is 14.8 Å². The molecule has 4 heteroatoms. The van der Waals surface area contributed by atoms with Crippen LogP contribution in [-0.2, 0) is 9.47 Å². The molecule has 0 spiro atoms. The lowest BCUT2D eigenvalue weighted by Crippen LogP contribution is -2.45. The third kappa shape index (κ3) is 3.18. The summed E-state index contributed by atoms with van der Waals surface area (Å²) in [6, 6.07) is 1.92. The average molecular weight is 170 g/mol. The lowest BCUT2D eigenvalue weighted by Gasteiger charge is -2.28. The molecular formula is C8H14N2O2. The molecule has 4 nitrogen and oxygen atoms in total. The molecule has 1 N–H and O–H groups in total. The maximum atomic E-state index is 8.22. The van der Waals surface area contributed by atoms with Crippen molar-refractivity contribution >= 4 is 0 Å². The van der Waals surface area contributed by atoms with Gasteiger partial charge >= 0.3 is 0 Å². The van der Waals surface area contributed by atoms with Crippen molar-refractivity contribution in [3.63, 3.8) is 0 Å². The number of nitriles is 1. The van der Waals surface area contributed by atoms with E-state index in [4.69, 9.17) is 14.7 Å². The molecule has 12 heavy (non-hydrogen) atoms. The van der Waals surface area contributed by atoms with E-state index in [1.807, 2.05) is 13.0 Å². The standard InChI is InChI=1S/C8H14N2O2/c1-7-4-10-5-8(12-7)6-11-3-2-9/h7-8,10H,3-6H2,1H3. The highest BCUT2D eigenvalue weighted by Crippen LogP contribution is 2.02. The predicted molar refractivity (Wildman–Crippen MR) is 43.6 cm³/mol. The van der Waals surface area contributed by atoms with Crippen LogP contribution in [0.2, 0.25) is 0 Å². The van der Waals surface area contributed by atoms with Crippen molar-refractivity contribution in [1.82, 2.24) is 5.32 Å². The molecular weight excluding hydrogens is 156 g/mol. The minimum atomic E-state index is 0.0992. The van der Waals surface area contributed by atoms with Gasteiger partial charge in [0.1, 0.15) is 6.61 Å². The van der Waals surface area contributed by atoms with Gasteiger partial charge in [0.05, 0.1) is 24.9 Å². The summed E-state index contributed by atoms with van der Waals surface area (Å²) in [4.78, 5) is 0. The second-order valence-corrected chi connectivity index (χ2v) is 2.90. The first-order valence-corrected chi connectivity index (χ1v) is 4.14. The van der Waals surface area contributed by atoms with Crippen LogP contribution in [0.15, 0.2) is 0 Å². The summed E-state index contributed by atoms with van der Waals surface area (Å²) < 4.78 is 10.6. The Hall–Kier alpha value is -0.630. The van der Waals surface area contributed by atoms with Crippen LogP contribution in [0.4, 0.5) is 0 Å². The molecule has 1 heterocycles. The van der Waals surface area contributed by atoms with Crippen molar-refractivity contribution in [3.05, 3.63) is 0 Å². The van der Waals surface area contributed by atoms with Gasteiger partial charge in [0.15, 0.2) is 0 Å². The van der Waals surface area contributed by atoms with E-state index < -0.39 is 0 Å². The molecule has 68 valence electrons. The highest BCUT2D eigenvalue weighted by molar-refractivity contribution is 4.73. The van der Waals surface area contributed by atoms with E-state index in [1.165, 1.54) is 0 Å². The van der Waals surface area contributed by atoms with Gasteiger partial charge in [-0.3, -0.25) is 0 Å². The summed E-state index contributed by atoms with van der Waals surface area (Å²) in [7, 11) is 0. The average Bonchev–Trinajstić information content (AvgIpc) is 2.05. The third-order valence-corrected chi connectivity index (χ3v) is 1.70. The molecule has 0 aromatic heterocycles. The van der Waals surface area contributed by atoms with E-state index in [9.17, 15) is 0 Å². The number of morpholine rings is 1. The van der Waals surface area contributed by atoms with Gasteiger partial charge in [-0.05, 0) is 6.92 Å². The minimum Gasteiger partial charge on any atom is -0.370 e. The number of rotatable bonds is 3. The van der Waals surface area contributed by atoms with E-state index in [2.05, 4.69) is 5.32 Å². The van der Waals surface area contributed by atoms with Crippen molar-refractivity contribution in [3.8, 4) is 6.07 Å². The van der Waals surface area contributed by atoms with Crippen LogP contribution >= 0.6 is 0 Å². The van der Waals surface area contributed by atoms with E-state index >= 15 is 0 Å². The number of hydrogen-bond acceptors (Lipinski definition) is 4. The largest absolute Gasteiger partial charge is 0.370 e. The molecule has 0 saturated carbocycles. The Balaban J connectivity index is 2.11. The molecule has 1 aliphatic heterocycles. The molecule has 1 fully saturated rings. The maximum absolute atomic E-state index is 8.22. The first-order chi connectivity index (χ1) is 5.83. The number of nitrogens with zero attached hydrogens (tertiary/aromatic N) is 1. The third-order valence-electron chi connectivity index (χ3n) is 1.70. The van der Waals surface area contributed by atoms with Gasteiger partial charge in [-0.1, -0.05) is 0 Å². The lowest BCUT2D eigenvalue weighted by atomic mass is 10.2. The van der Waals surface area contributed by atoms with E-state index in [-0.39, 0.29) is 18.8 Å². The number of ether oxygens (including phenoxy) is 2. The molecule has 1 rings (SSSR count). The molecule has 0 aromatic carbocycles. The van der Waals surface area contributed by atoms with Gasteiger partial charge in [0.2, 0.25) is 0 Å². The maximum Gasteiger partial charge on any atom is 0.133 e. The first-order valence-electron chi connectivity index (χ1n) is 4.14. The quantitative estimate of drug-likeness (QED) is 0.601. The Morgan fingerprint density at radius 2 is 2.50 bits per heavy atom. The van der Waals surface area contributed by atoms with Crippen molar-refractivity contribution in [1.29, 1.82) is 5.26 Å². The van der Waals surface area contributed by atoms with Crippen molar-refractivity contribution in [2.24, 2.45) is 0 Å². The fourth-order valence-corrected chi connectivity index (χ4v) is 1.21. The number of nitrogens with one attached hydrogen (secondary N) is 1. The second kappa shape index (κ2) is 5.09. The zero-order valence-corrected chi connectivity index (χ0v) is 7.25. The van der Waals surface area contributed by atoms with E-state index in [0.29, 0.717) is 6.61 Å².